The van der Waals surface area contributed by atoms with Crippen LogP contribution in [0.2, 0.25) is 0 Å². The van der Waals surface area contributed by atoms with Gasteiger partial charge in [0.1, 0.15) is 0 Å². The van der Waals surface area contributed by atoms with E-state index in [1.54, 1.807) is 0 Å². The predicted molar refractivity (Wildman–Crippen MR) is 88.5 cm³/mol. The van der Waals surface area contributed by atoms with Crippen LogP contribution in [-0.2, 0) is 11.2 Å². The van der Waals surface area contributed by atoms with E-state index < -0.39 is 0 Å². The van der Waals surface area contributed by atoms with Crippen molar-refractivity contribution in [1.29, 1.82) is 0 Å². The molecule has 1 amide bonds. The Morgan fingerprint density at radius 2 is 2.25 bits per heavy atom. The number of carbonyl (C=O) groups excluding carboxylic acids is 1. The molecule has 4 N–H and O–H groups in total. The standard InChI is InChI=1S/C15H23N3OS/c1-3-20-7-6-10(2)17-14-9-13-11(8-12(14)16)4-5-15(19)18-13/h8-10,17H,3-7,16H2,1-2H3,(H,18,19). The van der Waals surface area contributed by atoms with Gasteiger partial charge >= 0.3 is 0 Å². The number of nitrogen functional groups attached to an aromatic ring is 1. The third-order valence-corrected chi connectivity index (χ3v) is 4.40. The highest BCUT2D eigenvalue weighted by Crippen LogP contribution is 2.31. The van der Waals surface area contributed by atoms with Crippen molar-refractivity contribution >= 4 is 34.7 Å². The number of aryl methyl sites for hydroxylation is 1. The van der Waals surface area contributed by atoms with E-state index in [0.29, 0.717) is 12.5 Å². The molecule has 20 heavy (non-hydrogen) atoms. The maximum Gasteiger partial charge on any atom is 0.224 e. The Kier molecular flexibility index (Phi) is 5.17. The van der Waals surface area contributed by atoms with Crippen molar-refractivity contribution in [3.05, 3.63) is 17.7 Å². The average molecular weight is 293 g/mol. The largest absolute Gasteiger partial charge is 0.397 e. The SMILES string of the molecule is CCSCCC(C)Nc1cc2c(cc1N)CCC(=O)N2. The Morgan fingerprint density at radius 3 is 3.00 bits per heavy atom. The molecule has 0 bridgehead atoms. The van der Waals surface area contributed by atoms with Crippen LogP contribution >= 0.6 is 11.8 Å². The number of fused-ring (bicyclic) bond motifs is 1. The van der Waals surface area contributed by atoms with E-state index in [-0.39, 0.29) is 5.91 Å². The van der Waals surface area contributed by atoms with Crippen molar-refractivity contribution in [3.8, 4) is 0 Å². The second kappa shape index (κ2) is 6.88. The molecule has 1 heterocycles. The lowest BCUT2D eigenvalue weighted by Gasteiger charge is -2.22. The molecular formula is C15H23N3OS. The highest BCUT2D eigenvalue weighted by molar-refractivity contribution is 7.99. The second-order valence-electron chi connectivity index (χ2n) is 5.18. The number of carbonyl (C=O) groups is 1. The fourth-order valence-corrected chi connectivity index (χ4v) is 3.12. The molecular weight excluding hydrogens is 270 g/mol. The molecule has 1 atom stereocenters. The fourth-order valence-electron chi connectivity index (χ4n) is 2.31. The molecule has 1 aliphatic heterocycles. The number of anilines is 3. The summed E-state index contributed by atoms with van der Waals surface area (Å²) < 4.78 is 0. The first-order chi connectivity index (χ1) is 9.60. The van der Waals surface area contributed by atoms with Crippen molar-refractivity contribution in [2.24, 2.45) is 0 Å². The summed E-state index contributed by atoms with van der Waals surface area (Å²) in [5, 5.41) is 6.36. The number of nitrogens with one attached hydrogen (secondary N) is 2. The molecule has 1 aromatic carbocycles. The van der Waals surface area contributed by atoms with E-state index in [1.165, 1.54) is 0 Å². The summed E-state index contributed by atoms with van der Waals surface area (Å²) in [5.41, 5.74) is 9.80. The number of hydrogen-bond acceptors (Lipinski definition) is 4. The topological polar surface area (TPSA) is 67.1 Å². The first-order valence-electron chi connectivity index (χ1n) is 7.16. The molecule has 0 spiro atoms. The Bertz CT molecular complexity index is 490. The van der Waals surface area contributed by atoms with E-state index in [1.807, 2.05) is 23.9 Å². The van der Waals surface area contributed by atoms with Crippen LogP contribution in [0.4, 0.5) is 17.1 Å². The first kappa shape index (κ1) is 15.0. The van der Waals surface area contributed by atoms with Gasteiger partial charge in [-0.25, -0.2) is 0 Å². The maximum absolute atomic E-state index is 11.5. The van der Waals surface area contributed by atoms with Gasteiger partial charge in [-0.2, -0.15) is 11.8 Å². The maximum atomic E-state index is 11.5. The van der Waals surface area contributed by atoms with Gasteiger partial charge in [-0.15, -0.1) is 0 Å². The van der Waals surface area contributed by atoms with Crippen LogP contribution in [0.5, 0.6) is 0 Å². The normalized spacial score (nSPS) is 15.4. The van der Waals surface area contributed by atoms with Crippen LogP contribution in [-0.4, -0.2) is 23.5 Å². The molecule has 0 aromatic heterocycles. The summed E-state index contributed by atoms with van der Waals surface area (Å²) in [7, 11) is 0. The summed E-state index contributed by atoms with van der Waals surface area (Å²) in [6.45, 7) is 4.33. The number of thioether (sulfide) groups is 1. The minimum absolute atomic E-state index is 0.0839. The number of amides is 1. The minimum Gasteiger partial charge on any atom is -0.397 e. The van der Waals surface area contributed by atoms with Crippen LogP contribution < -0.4 is 16.4 Å². The molecule has 0 fully saturated rings. The van der Waals surface area contributed by atoms with Crippen molar-refractivity contribution in [1.82, 2.24) is 0 Å². The Hall–Kier alpha value is -1.36. The quantitative estimate of drug-likeness (QED) is 0.557. The number of hydrogen-bond donors (Lipinski definition) is 3. The van der Waals surface area contributed by atoms with E-state index in [9.17, 15) is 4.79 Å². The van der Waals surface area contributed by atoms with Crippen LogP contribution in [0.25, 0.3) is 0 Å². The van der Waals surface area contributed by atoms with E-state index in [0.717, 1.165) is 47.0 Å². The lowest BCUT2D eigenvalue weighted by molar-refractivity contribution is -0.116. The zero-order chi connectivity index (χ0) is 14.5. The van der Waals surface area contributed by atoms with E-state index in [4.69, 9.17) is 5.73 Å². The summed E-state index contributed by atoms with van der Waals surface area (Å²) in [6.07, 6.45) is 2.42. The number of rotatable bonds is 6. The molecule has 1 aliphatic rings. The van der Waals surface area contributed by atoms with Gasteiger partial charge in [-0.05, 0) is 49.0 Å². The first-order valence-corrected chi connectivity index (χ1v) is 8.32. The Labute approximate surface area is 124 Å². The van der Waals surface area contributed by atoms with Crippen LogP contribution in [0, 0.1) is 0 Å². The van der Waals surface area contributed by atoms with Gasteiger partial charge in [-0.3, -0.25) is 4.79 Å². The molecule has 0 saturated carbocycles. The van der Waals surface area contributed by atoms with Gasteiger partial charge in [0.15, 0.2) is 0 Å². The zero-order valence-corrected chi connectivity index (χ0v) is 13.0. The van der Waals surface area contributed by atoms with Gasteiger partial charge in [0.25, 0.3) is 0 Å². The molecule has 2 rings (SSSR count). The highest BCUT2D eigenvalue weighted by Gasteiger charge is 2.17. The van der Waals surface area contributed by atoms with E-state index >= 15 is 0 Å². The summed E-state index contributed by atoms with van der Waals surface area (Å²) >= 11 is 1.95. The summed E-state index contributed by atoms with van der Waals surface area (Å²) in [6, 6.07) is 4.31. The molecule has 110 valence electrons. The third-order valence-electron chi connectivity index (χ3n) is 3.47. The van der Waals surface area contributed by atoms with E-state index in [2.05, 4.69) is 24.5 Å². The second-order valence-corrected chi connectivity index (χ2v) is 6.57. The monoisotopic (exact) mass is 293 g/mol. The minimum atomic E-state index is 0.0839. The lowest BCUT2D eigenvalue weighted by Crippen LogP contribution is -2.21. The van der Waals surface area contributed by atoms with Crippen LogP contribution in [0.1, 0.15) is 32.3 Å². The van der Waals surface area contributed by atoms with Crippen molar-refractivity contribution in [2.75, 3.05) is 27.9 Å². The predicted octanol–water partition coefficient (Wildman–Crippen LogP) is 3.10. The van der Waals surface area contributed by atoms with Gasteiger partial charge in [0, 0.05) is 18.2 Å². The van der Waals surface area contributed by atoms with Crippen molar-refractivity contribution in [3.63, 3.8) is 0 Å². The number of benzene rings is 1. The summed E-state index contributed by atoms with van der Waals surface area (Å²) in [4.78, 5) is 11.5. The molecule has 1 aromatic rings. The average Bonchev–Trinajstić information content (AvgIpc) is 2.40. The molecule has 0 radical (unpaired) electrons. The molecule has 4 nitrogen and oxygen atoms in total. The molecule has 1 unspecified atom stereocenters. The molecule has 0 aliphatic carbocycles. The Morgan fingerprint density at radius 1 is 1.45 bits per heavy atom. The Balaban J connectivity index is 2.04. The third kappa shape index (κ3) is 3.82. The van der Waals surface area contributed by atoms with Gasteiger partial charge in [0.2, 0.25) is 5.91 Å². The summed E-state index contributed by atoms with van der Waals surface area (Å²) in [5.74, 6) is 2.38. The highest BCUT2D eigenvalue weighted by atomic mass is 32.2. The molecule has 0 saturated heterocycles. The van der Waals surface area contributed by atoms with Crippen molar-refractivity contribution in [2.45, 2.75) is 39.2 Å². The van der Waals surface area contributed by atoms with Crippen molar-refractivity contribution < 1.29 is 4.79 Å². The lowest BCUT2D eigenvalue weighted by atomic mass is 10.0. The smallest absolute Gasteiger partial charge is 0.224 e. The van der Waals surface area contributed by atoms with Crippen LogP contribution in [0.15, 0.2) is 12.1 Å². The van der Waals surface area contributed by atoms with Gasteiger partial charge in [-0.1, -0.05) is 6.92 Å². The van der Waals surface area contributed by atoms with Crippen LogP contribution in [0.3, 0.4) is 0 Å². The fraction of sp³-hybridized carbons (Fsp3) is 0.533. The number of nitrogens with two attached hydrogens (primary N) is 1. The van der Waals surface area contributed by atoms with Gasteiger partial charge in [0.05, 0.1) is 11.4 Å². The molecule has 5 heteroatoms. The zero-order valence-electron chi connectivity index (χ0n) is 12.2. The van der Waals surface area contributed by atoms with Gasteiger partial charge < -0.3 is 16.4 Å².